The molecule has 0 aromatic heterocycles. The fraction of sp³-hybridized carbons (Fsp3) is 0.250. The second-order valence-corrected chi connectivity index (χ2v) is 7.57. The smallest absolute Gasteiger partial charge is 0.271 e. The Labute approximate surface area is 179 Å². The number of carbonyl (C=O) groups excluding carboxylic acids is 1. The molecule has 2 rings (SSSR count). The highest BCUT2D eigenvalue weighted by Crippen LogP contribution is 2.38. The summed E-state index contributed by atoms with van der Waals surface area (Å²) in [6, 6.07) is 5.13. The molecule has 1 unspecified atom stereocenters. The lowest BCUT2D eigenvalue weighted by Crippen LogP contribution is -2.13. The number of Topliss-reactive ketones (excluding diaryl/α,β-unsaturated/α-hetero) is 1. The highest BCUT2D eigenvalue weighted by molar-refractivity contribution is 6.48. The number of benzene rings is 2. The van der Waals surface area contributed by atoms with E-state index in [0.717, 1.165) is 37.3 Å². The molecule has 0 aliphatic rings. The van der Waals surface area contributed by atoms with E-state index in [1.54, 1.807) is 0 Å². The fourth-order valence-corrected chi connectivity index (χ4v) is 3.31. The first-order chi connectivity index (χ1) is 13.3. The molecule has 156 valence electrons. The summed E-state index contributed by atoms with van der Waals surface area (Å²) in [5.74, 6) is -7.00. The second kappa shape index (κ2) is 9.02. The SMILES string of the molecule is CC(=O)c1ccc(/C(F)=C/C(c2cc(Cl)c(Cl)c(Cl)c2)C(F)F)cc1C(C)(F)F. The molecule has 0 aliphatic carbocycles. The van der Waals surface area contributed by atoms with Crippen LogP contribution in [0.15, 0.2) is 36.4 Å². The molecule has 0 bridgehead atoms. The number of hydrogen-bond acceptors (Lipinski definition) is 1. The minimum absolute atomic E-state index is 0.0378. The van der Waals surface area contributed by atoms with Gasteiger partial charge in [-0.3, -0.25) is 4.79 Å². The molecular weight excluding hydrogens is 458 g/mol. The van der Waals surface area contributed by atoms with E-state index < -0.39 is 35.4 Å². The minimum atomic E-state index is -3.43. The summed E-state index contributed by atoms with van der Waals surface area (Å²) in [7, 11) is 0. The second-order valence-electron chi connectivity index (χ2n) is 6.38. The Kier molecular flexibility index (Phi) is 7.36. The van der Waals surface area contributed by atoms with Gasteiger partial charge in [0.15, 0.2) is 5.78 Å². The maximum atomic E-state index is 14.7. The van der Waals surface area contributed by atoms with Gasteiger partial charge in [0.2, 0.25) is 6.43 Å². The summed E-state index contributed by atoms with van der Waals surface area (Å²) in [5.41, 5.74) is -1.45. The van der Waals surface area contributed by atoms with Crippen molar-refractivity contribution in [3.8, 4) is 0 Å². The Morgan fingerprint density at radius 3 is 2.07 bits per heavy atom. The van der Waals surface area contributed by atoms with Gasteiger partial charge in [-0.25, -0.2) is 22.0 Å². The van der Waals surface area contributed by atoms with E-state index in [1.807, 2.05) is 0 Å². The van der Waals surface area contributed by atoms with E-state index in [0.29, 0.717) is 13.0 Å². The Morgan fingerprint density at radius 2 is 1.62 bits per heavy atom. The van der Waals surface area contributed by atoms with E-state index >= 15 is 0 Å². The summed E-state index contributed by atoms with van der Waals surface area (Å²) in [4.78, 5) is 11.6. The molecule has 0 N–H and O–H groups in total. The van der Waals surface area contributed by atoms with Crippen molar-refractivity contribution in [2.24, 2.45) is 0 Å². The van der Waals surface area contributed by atoms with Crippen LogP contribution in [0.3, 0.4) is 0 Å². The van der Waals surface area contributed by atoms with Gasteiger partial charge in [-0.05, 0) is 36.8 Å². The van der Waals surface area contributed by atoms with Gasteiger partial charge < -0.3 is 0 Å². The highest BCUT2D eigenvalue weighted by Gasteiger charge is 2.30. The first-order valence-electron chi connectivity index (χ1n) is 8.16. The first-order valence-corrected chi connectivity index (χ1v) is 9.30. The standard InChI is InChI=1S/C20H14Cl3F5O/c1-9(29)12-4-3-10(5-14(12)20(2,27)28)17(24)8-13(19(25)26)11-6-15(21)18(23)16(22)7-11/h3-8,13,19H,1-2H3/b17-8-. The molecule has 0 amide bonds. The number of rotatable bonds is 6. The lowest BCUT2D eigenvalue weighted by atomic mass is 9.94. The van der Waals surface area contributed by atoms with Gasteiger partial charge in [0.1, 0.15) is 5.83 Å². The van der Waals surface area contributed by atoms with Gasteiger partial charge in [0.05, 0.1) is 21.0 Å². The number of alkyl halides is 4. The van der Waals surface area contributed by atoms with E-state index in [-0.39, 0.29) is 31.8 Å². The van der Waals surface area contributed by atoms with Crippen molar-refractivity contribution in [1.82, 2.24) is 0 Å². The van der Waals surface area contributed by atoms with Crippen LogP contribution in [0.5, 0.6) is 0 Å². The molecule has 29 heavy (non-hydrogen) atoms. The largest absolute Gasteiger partial charge is 0.294 e. The summed E-state index contributed by atoms with van der Waals surface area (Å²) < 4.78 is 69.5. The van der Waals surface area contributed by atoms with Crippen molar-refractivity contribution in [2.45, 2.75) is 32.1 Å². The molecule has 1 nitrogen and oxygen atoms in total. The number of hydrogen-bond donors (Lipinski definition) is 0. The number of ketones is 1. The average Bonchev–Trinajstić information content (AvgIpc) is 2.61. The van der Waals surface area contributed by atoms with Crippen LogP contribution in [-0.4, -0.2) is 12.2 Å². The zero-order valence-electron chi connectivity index (χ0n) is 15.1. The third-order valence-electron chi connectivity index (χ3n) is 4.14. The predicted octanol–water partition coefficient (Wildman–Crippen LogP) is 8.32. The van der Waals surface area contributed by atoms with Crippen LogP contribution in [0.4, 0.5) is 22.0 Å². The van der Waals surface area contributed by atoms with E-state index in [2.05, 4.69) is 0 Å². The molecule has 0 saturated heterocycles. The topological polar surface area (TPSA) is 17.1 Å². The monoisotopic (exact) mass is 470 g/mol. The quantitative estimate of drug-likeness (QED) is 0.235. The molecular formula is C20H14Cl3F5O. The van der Waals surface area contributed by atoms with Crippen molar-refractivity contribution in [1.29, 1.82) is 0 Å². The van der Waals surface area contributed by atoms with E-state index in [4.69, 9.17) is 34.8 Å². The highest BCUT2D eigenvalue weighted by atomic mass is 35.5. The zero-order chi connectivity index (χ0) is 22.1. The average molecular weight is 472 g/mol. The molecule has 0 saturated carbocycles. The molecule has 9 heteroatoms. The van der Waals surface area contributed by atoms with Gasteiger partial charge in [0, 0.05) is 23.6 Å². The first kappa shape index (κ1) is 23.6. The third-order valence-corrected chi connectivity index (χ3v) is 5.33. The predicted molar refractivity (Wildman–Crippen MR) is 105 cm³/mol. The maximum absolute atomic E-state index is 14.7. The lowest BCUT2D eigenvalue weighted by Gasteiger charge is -2.17. The molecule has 0 heterocycles. The van der Waals surface area contributed by atoms with Crippen LogP contribution in [0.2, 0.25) is 15.1 Å². The zero-order valence-corrected chi connectivity index (χ0v) is 17.3. The molecule has 0 spiro atoms. The Bertz CT molecular complexity index is 944. The Hall–Kier alpha value is -1.63. The molecule has 0 fully saturated rings. The molecule has 2 aromatic rings. The summed E-state index contributed by atoms with van der Waals surface area (Å²) in [5, 5.41) is -0.219. The maximum Gasteiger partial charge on any atom is 0.271 e. The number of carbonyl (C=O) groups is 1. The van der Waals surface area contributed by atoms with Gasteiger partial charge in [-0.15, -0.1) is 0 Å². The van der Waals surface area contributed by atoms with Crippen molar-refractivity contribution in [2.75, 3.05) is 0 Å². The molecule has 1 atom stereocenters. The van der Waals surface area contributed by atoms with Gasteiger partial charge in [-0.2, -0.15) is 0 Å². The Morgan fingerprint density at radius 1 is 1.07 bits per heavy atom. The van der Waals surface area contributed by atoms with Crippen LogP contribution in [0.1, 0.15) is 46.8 Å². The van der Waals surface area contributed by atoms with Gasteiger partial charge >= 0.3 is 0 Å². The van der Waals surface area contributed by atoms with E-state index in [9.17, 15) is 26.7 Å². The Balaban J connectivity index is 2.56. The van der Waals surface area contributed by atoms with Gasteiger partial charge in [-0.1, -0.05) is 46.9 Å². The van der Waals surface area contributed by atoms with Crippen LogP contribution >= 0.6 is 34.8 Å². The number of halogens is 8. The van der Waals surface area contributed by atoms with Crippen molar-refractivity contribution in [3.63, 3.8) is 0 Å². The van der Waals surface area contributed by atoms with Crippen molar-refractivity contribution in [3.05, 3.63) is 73.7 Å². The molecule has 0 radical (unpaired) electrons. The fourth-order valence-electron chi connectivity index (χ4n) is 2.70. The van der Waals surface area contributed by atoms with E-state index in [1.165, 1.54) is 0 Å². The van der Waals surface area contributed by atoms with Gasteiger partial charge in [0.25, 0.3) is 5.92 Å². The summed E-state index contributed by atoms with van der Waals surface area (Å²) in [6.45, 7) is 1.65. The van der Waals surface area contributed by atoms with Crippen molar-refractivity contribution < 1.29 is 26.7 Å². The van der Waals surface area contributed by atoms with Crippen LogP contribution in [0, 0.1) is 0 Å². The third kappa shape index (κ3) is 5.50. The summed E-state index contributed by atoms with van der Waals surface area (Å²) >= 11 is 17.5. The minimum Gasteiger partial charge on any atom is -0.294 e. The molecule has 2 aromatic carbocycles. The normalized spacial score (nSPS) is 13.7. The van der Waals surface area contributed by atoms with Crippen molar-refractivity contribution >= 4 is 46.4 Å². The molecule has 0 aliphatic heterocycles. The van der Waals surface area contributed by atoms with Crippen LogP contribution in [0.25, 0.3) is 5.83 Å². The summed E-state index contributed by atoms with van der Waals surface area (Å²) in [6.07, 6.45) is -2.46. The lowest BCUT2D eigenvalue weighted by molar-refractivity contribution is 0.0164. The van der Waals surface area contributed by atoms with Crippen LogP contribution in [-0.2, 0) is 5.92 Å². The van der Waals surface area contributed by atoms with Crippen LogP contribution < -0.4 is 0 Å². The number of allylic oxidation sites excluding steroid dienone is 1.